The Hall–Kier alpha value is -0.300. The Labute approximate surface area is 95.3 Å². The average molecular weight is 209 g/mol. The van der Waals surface area contributed by atoms with Crippen LogP contribution in [0.25, 0.3) is 0 Å². The standard InChI is InChI=1S/C14H27N/c1-4-10-15-14(11-12(2)3)13-8-6-5-7-9-13/h11,13-15H,4-10H2,1-3H3. The Balaban J connectivity index is 2.49. The smallest absolute Gasteiger partial charge is 0.0280 e. The van der Waals surface area contributed by atoms with Gasteiger partial charge in [0, 0.05) is 6.04 Å². The Bertz CT molecular complexity index is 186. The zero-order valence-corrected chi connectivity index (χ0v) is 10.7. The van der Waals surface area contributed by atoms with Crippen LogP contribution in [0.5, 0.6) is 0 Å². The summed E-state index contributed by atoms with van der Waals surface area (Å²) >= 11 is 0. The largest absolute Gasteiger partial charge is 0.310 e. The molecular weight excluding hydrogens is 182 g/mol. The maximum Gasteiger partial charge on any atom is 0.0280 e. The van der Waals surface area contributed by atoms with E-state index in [1.807, 2.05) is 0 Å². The molecule has 1 aliphatic rings. The van der Waals surface area contributed by atoms with Gasteiger partial charge in [0.05, 0.1) is 0 Å². The monoisotopic (exact) mass is 209 g/mol. The fourth-order valence-electron chi connectivity index (χ4n) is 2.53. The maximum absolute atomic E-state index is 3.69. The summed E-state index contributed by atoms with van der Waals surface area (Å²) in [7, 11) is 0. The molecule has 0 bridgehead atoms. The molecule has 0 aliphatic heterocycles. The minimum absolute atomic E-state index is 0.634. The van der Waals surface area contributed by atoms with Gasteiger partial charge in [0.2, 0.25) is 0 Å². The summed E-state index contributed by atoms with van der Waals surface area (Å²) in [4.78, 5) is 0. The number of nitrogens with one attached hydrogen (secondary N) is 1. The van der Waals surface area contributed by atoms with Crippen LogP contribution >= 0.6 is 0 Å². The fraction of sp³-hybridized carbons (Fsp3) is 0.857. The molecule has 1 atom stereocenters. The quantitative estimate of drug-likeness (QED) is 0.677. The fourth-order valence-corrected chi connectivity index (χ4v) is 2.53. The second-order valence-electron chi connectivity index (χ2n) is 5.12. The third-order valence-corrected chi connectivity index (χ3v) is 3.30. The van der Waals surface area contributed by atoms with Crippen LogP contribution < -0.4 is 5.32 Å². The van der Waals surface area contributed by atoms with Crippen LogP contribution in [0, 0.1) is 5.92 Å². The molecule has 1 saturated carbocycles. The van der Waals surface area contributed by atoms with E-state index in [0.717, 1.165) is 12.5 Å². The van der Waals surface area contributed by atoms with Crippen LogP contribution in [-0.2, 0) is 0 Å². The molecule has 1 heteroatoms. The molecule has 1 fully saturated rings. The van der Waals surface area contributed by atoms with Crippen LogP contribution in [-0.4, -0.2) is 12.6 Å². The Morgan fingerprint density at radius 2 is 1.93 bits per heavy atom. The first kappa shape index (κ1) is 12.8. The van der Waals surface area contributed by atoms with Crippen molar-refractivity contribution >= 4 is 0 Å². The Kier molecular flexibility index (Phi) is 6.00. The van der Waals surface area contributed by atoms with Crippen LogP contribution in [0.2, 0.25) is 0 Å². The van der Waals surface area contributed by atoms with E-state index in [-0.39, 0.29) is 0 Å². The summed E-state index contributed by atoms with van der Waals surface area (Å²) < 4.78 is 0. The van der Waals surface area contributed by atoms with Gasteiger partial charge in [-0.15, -0.1) is 0 Å². The van der Waals surface area contributed by atoms with Gasteiger partial charge in [0.15, 0.2) is 0 Å². The van der Waals surface area contributed by atoms with Crippen molar-refractivity contribution in [2.75, 3.05) is 6.54 Å². The Morgan fingerprint density at radius 1 is 1.27 bits per heavy atom. The number of allylic oxidation sites excluding steroid dienone is 1. The highest BCUT2D eigenvalue weighted by Gasteiger charge is 2.20. The lowest BCUT2D eigenvalue weighted by atomic mass is 9.83. The van der Waals surface area contributed by atoms with Crippen molar-refractivity contribution in [1.29, 1.82) is 0 Å². The zero-order valence-electron chi connectivity index (χ0n) is 10.7. The lowest BCUT2D eigenvalue weighted by molar-refractivity contribution is 0.300. The van der Waals surface area contributed by atoms with Gasteiger partial charge >= 0.3 is 0 Å². The first-order valence-electron chi connectivity index (χ1n) is 6.62. The zero-order chi connectivity index (χ0) is 11.1. The van der Waals surface area contributed by atoms with Crippen molar-refractivity contribution < 1.29 is 0 Å². The molecule has 0 aromatic heterocycles. The molecule has 15 heavy (non-hydrogen) atoms. The summed E-state index contributed by atoms with van der Waals surface area (Å²) in [5, 5.41) is 3.69. The summed E-state index contributed by atoms with van der Waals surface area (Å²) in [5.41, 5.74) is 1.45. The van der Waals surface area contributed by atoms with Crippen LogP contribution in [0.3, 0.4) is 0 Å². The predicted molar refractivity (Wildman–Crippen MR) is 68.1 cm³/mol. The summed E-state index contributed by atoms with van der Waals surface area (Å²) in [5.74, 6) is 0.889. The van der Waals surface area contributed by atoms with E-state index in [1.54, 1.807) is 0 Å². The van der Waals surface area contributed by atoms with Gasteiger partial charge in [0.1, 0.15) is 0 Å². The van der Waals surface area contributed by atoms with Crippen molar-refractivity contribution in [2.24, 2.45) is 5.92 Å². The topological polar surface area (TPSA) is 12.0 Å². The molecule has 0 amide bonds. The van der Waals surface area contributed by atoms with Crippen molar-refractivity contribution in [3.8, 4) is 0 Å². The Morgan fingerprint density at radius 3 is 2.47 bits per heavy atom. The first-order valence-corrected chi connectivity index (χ1v) is 6.62. The molecule has 0 saturated heterocycles. The highest BCUT2D eigenvalue weighted by atomic mass is 14.9. The molecule has 1 nitrogen and oxygen atoms in total. The molecule has 0 aromatic carbocycles. The lowest BCUT2D eigenvalue weighted by Crippen LogP contribution is -2.36. The molecule has 0 radical (unpaired) electrons. The molecule has 1 N–H and O–H groups in total. The molecule has 0 heterocycles. The van der Waals surface area contributed by atoms with Crippen LogP contribution in [0.1, 0.15) is 59.3 Å². The van der Waals surface area contributed by atoms with Crippen LogP contribution in [0.15, 0.2) is 11.6 Å². The normalized spacial score (nSPS) is 19.9. The predicted octanol–water partition coefficient (Wildman–Crippen LogP) is 3.90. The minimum Gasteiger partial charge on any atom is -0.310 e. The molecule has 0 spiro atoms. The summed E-state index contributed by atoms with van der Waals surface area (Å²) in [6.07, 6.45) is 10.8. The van der Waals surface area contributed by atoms with E-state index in [1.165, 1.54) is 44.1 Å². The number of rotatable bonds is 5. The molecule has 1 unspecified atom stereocenters. The second kappa shape index (κ2) is 7.05. The molecule has 0 aromatic rings. The third-order valence-electron chi connectivity index (χ3n) is 3.30. The van der Waals surface area contributed by atoms with E-state index < -0.39 is 0 Å². The van der Waals surface area contributed by atoms with Gasteiger partial charge in [-0.25, -0.2) is 0 Å². The highest BCUT2D eigenvalue weighted by Crippen LogP contribution is 2.27. The first-order chi connectivity index (χ1) is 7.24. The molecular formula is C14H27N. The molecule has 1 aliphatic carbocycles. The highest BCUT2D eigenvalue weighted by molar-refractivity contribution is 5.03. The lowest BCUT2D eigenvalue weighted by Gasteiger charge is -2.29. The van der Waals surface area contributed by atoms with Crippen molar-refractivity contribution in [2.45, 2.75) is 65.3 Å². The van der Waals surface area contributed by atoms with Gasteiger partial charge in [-0.3, -0.25) is 0 Å². The van der Waals surface area contributed by atoms with E-state index >= 15 is 0 Å². The SMILES string of the molecule is CCCNC(C=C(C)C)C1CCCCC1. The number of hydrogen-bond acceptors (Lipinski definition) is 1. The van der Waals surface area contributed by atoms with E-state index in [0.29, 0.717) is 6.04 Å². The molecule has 88 valence electrons. The van der Waals surface area contributed by atoms with Gasteiger partial charge in [-0.05, 0) is 45.6 Å². The average Bonchev–Trinajstić information content (AvgIpc) is 2.25. The van der Waals surface area contributed by atoms with Gasteiger partial charge < -0.3 is 5.32 Å². The van der Waals surface area contributed by atoms with Crippen molar-refractivity contribution in [3.05, 3.63) is 11.6 Å². The van der Waals surface area contributed by atoms with Crippen LogP contribution in [0.4, 0.5) is 0 Å². The van der Waals surface area contributed by atoms with E-state index in [4.69, 9.17) is 0 Å². The van der Waals surface area contributed by atoms with E-state index in [2.05, 4.69) is 32.2 Å². The summed E-state index contributed by atoms with van der Waals surface area (Å²) in [6.45, 7) is 7.82. The van der Waals surface area contributed by atoms with Gasteiger partial charge in [-0.2, -0.15) is 0 Å². The molecule has 1 rings (SSSR count). The minimum atomic E-state index is 0.634. The van der Waals surface area contributed by atoms with E-state index in [9.17, 15) is 0 Å². The van der Waals surface area contributed by atoms with Crippen molar-refractivity contribution in [1.82, 2.24) is 5.32 Å². The second-order valence-corrected chi connectivity index (χ2v) is 5.12. The van der Waals surface area contributed by atoms with Crippen molar-refractivity contribution in [3.63, 3.8) is 0 Å². The van der Waals surface area contributed by atoms with Gasteiger partial charge in [-0.1, -0.05) is 37.8 Å². The number of hydrogen-bond donors (Lipinski definition) is 1. The maximum atomic E-state index is 3.69. The van der Waals surface area contributed by atoms with Gasteiger partial charge in [0.25, 0.3) is 0 Å². The third kappa shape index (κ3) is 4.83. The summed E-state index contributed by atoms with van der Waals surface area (Å²) in [6, 6.07) is 0.634.